The summed E-state index contributed by atoms with van der Waals surface area (Å²) >= 11 is 0. The number of ether oxygens (including phenoxy) is 2. The number of carbonyl (C=O) groups excluding carboxylic acids is 1. The molecule has 172 valence electrons. The predicted molar refractivity (Wildman–Crippen MR) is 127 cm³/mol. The Morgan fingerprint density at radius 3 is 2.61 bits per heavy atom. The van der Waals surface area contributed by atoms with E-state index in [0.29, 0.717) is 19.5 Å². The summed E-state index contributed by atoms with van der Waals surface area (Å²) in [4.78, 5) is 23.5. The quantitative estimate of drug-likeness (QED) is 0.570. The van der Waals surface area contributed by atoms with Gasteiger partial charge in [-0.3, -0.25) is 9.69 Å². The first-order valence-corrected chi connectivity index (χ1v) is 11.1. The zero-order valence-corrected chi connectivity index (χ0v) is 19.2. The number of nitrogens with zero attached hydrogens (tertiary/aromatic N) is 3. The van der Waals surface area contributed by atoms with Gasteiger partial charge in [-0.1, -0.05) is 24.3 Å². The second kappa shape index (κ2) is 10.0. The molecule has 33 heavy (non-hydrogen) atoms. The van der Waals surface area contributed by atoms with E-state index < -0.39 is 5.41 Å². The zero-order valence-electron chi connectivity index (χ0n) is 19.2. The Balaban J connectivity index is 1.61. The first-order valence-electron chi connectivity index (χ1n) is 11.1. The smallest absolute Gasteiger partial charge is 0.225 e. The van der Waals surface area contributed by atoms with Gasteiger partial charge in [-0.2, -0.15) is 0 Å². The highest BCUT2D eigenvalue weighted by molar-refractivity contribution is 5.82. The molecule has 0 radical (unpaired) electrons. The van der Waals surface area contributed by atoms with Crippen LogP contribution in [0.25, 0.3) is 11.1 Å². The predicted octanol–water partition coefficient (Wildman–Crippen LogP) is 3.47. The van der Waals surface area contributed by atoms with Gasteiger partial charge in [-0.25, -0.2) is 9.97 Å². The van der Waals surface area contributed by atoms with Crippen LogP contribution < -0.4 is 15.2 Å². The molecule has 0 spiro atoms. The minimum absolute atomic E-state index is 0.260. The van der Waals surface area contributed by atoms with E-state index in [1.807, 2.05) is 36.4 Å². The molecule has 0 saturated carbocycles. The highest BCUT2D eigenvalue weighted by atomic mass is 16.5. The van der Waals surface area contributed by atoms with Gasteiger partial charge in [0.15, 0.2) is 0 Å². The van der Waals surface area contributed by atoms with Gasteiger partial charge in [0.25, 0.3) is 0 Å². The average Bonchev–Trinajstić information content (AvgIpc) is 2.85. The third-order valence-corrected chi connectivity index (χ3v) is 6.48. The number of hydrogen-bond acceptors (Lipinski definition) is 6. The third-order valence-electron chi connectivity index (χ3n) is 6.48. The fourth-order valence-electron chi connectivity index (χ4n) is 4.80. The summed E-state index contributed by atoms with van der Waals surface area (Å²) < 4.78 is 11.0. The number of likely N-dealkylation sites (tertiary alicyclic amines) is 1. The van der Waals surface area contributed by atoms with Gasteiger partial charge in [0.2, 0.25) is 5.91 Å². The molecular formula is C26H30N4O3. The van der Waals surface area contributed by atoms with Crippen LogP contribution in [0, 0.1) is 5.41 Å². The van der Waals surface area contributed by atoms with Crippen LogP contribution in [0.5, 0.6) is 11.5 Å². The molecule has 1 unspecified atom stereocenters. The summed E-state index contributed by atoms with van der Waals surface area (Å²) in [5, 5.41) is 0. The van der Waals surface area contributed by atoms with E-state index in [4.69, 9.17) is 15.2 Å². The van der Waals surface area contributed by atoms with Crippen LogP contribution in [-0.4, -0.2) is 48.1 Å². The topological polar surface area (TPSA) is 90.6 Å². The molecule has 0 aliphatic carbocycles. The maximum atomic E-state index is 12.9. The van der Waals surface area contributed by atoms with Crippen molar-refractivity contribution in [1.82, 2.24) is 14.9 Å². The Labute approximate surface area is 194 Å². The van der Waals surface area contributed by atoms with E-state index in [1.54, 1.807) is 26.6 Å². The monoisotopic (exact) mass is 446 g/mol. The van der Waals surface area contributed by atoms with Crippen molar-refractivity contribution in [2.75, 3.05) is 27.3 Å². The molecule has 2 aromatic carbocycles. The number of nitrogens with two attached hydrogens (primary N) is 1. The second-order valence-electron chi connectivity index (χ2n) is 8.60. The Bertz CT molecular complexity index is 1110. The van der Waals surface area contributed by atoms with Crippen LogP contribution in [0.4, 0.5) is 0 Å². The summed E-state index contributed by atoms with van der Waals surface area (Å²) in [5.74, 6) is 1.33. The van der Waals surface area contributed by atoms with Crippen molar-refractivity contribution in [1.29, 1.82) is 0 Å². The van der Waals surface area contributed by atoms with Crippen molar-refractivity contribution in [3.05, 3.63) is 72.3 Å². The van der Waals surface area contributed by atoms with Gasteiger partial charge in [0.05, 0.1) is 19.6 Å². The minimum Gasteiger partial charge on any atom is -0.497 e. The molecule has 4 rings (SSSR count). The molecule has 1 atom stereocenters. The van der Waals surface area contributed by atoms with Crippen molar-refractivity contribution < 1.29 is 14.3 Å². The number of rotatable bonds is 8. The van der Waals surface area contributed by atoms with Gasteiger partial charge in [0.1, 0.15) is 17.8 Å². The lowest BCUT2D eigenvalue weighted by molar-refractivity contribution is -0.131. The van der Waals surface area contributed by atoms with Gasteiger partial charge in [0, 0.05) is 36.6 Å². The number of amides is 1. The fraction of sp³-hybridized carbons (Fsp3) is 0.346. The minimum atomic E-state index is -0.657. The van der Waals surface area contributed by atoms with Crippen molar-refractivity contribution >= 4 is 5.91 Å². The van der Waals surface area contributed by atoms with Crippen LogP contribution in [0.3, 0.4) is 0 Å². The molecule has 0 bridgehead atoms. The summed E-state index contributed by atoms with van der Waals surface area (Å²) in [6.45, 7) is 2.13. The first-order chi connectivity index (χ1) is 16.0. The molecule has 1 saturated heterocycles. The molecule has 2 N–H and O–H groups in total. The van der Waals surface area contributed by atoms with Crippen LogP contribution in [-0.2, 0) is 17.8 Å². The van der Waals surface area contributed by atoms with E-state index in [2.05, 4.69) is 20.9 Å². The lowest BCUT2D eigenvalue weighted by atomic mass is 9.73. The van der Waals surface area contributed by atoms with Crippen molar-refractivity contribution in [3.8, 4) is 22.6 Å². The summed E-state index contributed by atoms with van der Waals surface area (Å²) in [6.07, 6.45) is 7.33. The van der Waals surface area contributed by atoms with Gasteiger partial charge < -0.3 is 15.2 Å². The Morgan fingerprint density at radius 1 is 1.09 bits per heavy atom. The largest absolute Gasteiger partial charge is 0.497 e. The molecule has 1 aliphatic heterocycles. The zero-order chi connectivity index (χ0) is 23.3. The number of primary amides is 1. The molecule has 1 amide bonds. The normalized spacial score (nSPS) is 18.6. The van der Waals surface area contributed by atoms with E-state index in [9.17, 15) is 4.79 Å². The number of hydrogen-bond donors (Lipinski definition) is 1. The lowest BCUT2D eigenvalue weighted by Gasteiger charge is -2.41. The van der Waals surface area contributed by atoms with E-state index in [0.717, 1.165) is 53.1 Å². The average molecular weight is 447 g/mol. The van der Waals surface area contributed by atoms with Crippen LogP contribution in [0.1, 0.15) is 24.0 Å². The molecule has 1 aliphatic rings. The highest BCUT2D eigenvalue weighted by Gasteiger charge is 2.41. The van der Waals surface area contributed by atoms with Gasteiger partial charge in [-0.05, 0) is 55.1 Å². The Kier molecular flexibility index (Phi) is 6.89. The second-order valence-corrected chi connectivity index (χ2v) is 8.60. The highest BCUT2D eigenvalue weighted by Crippen LogP contribution is 2.37. The number of piperidine rings is 1. The SMILES string of the molecule is COc1ccc(OC)c(CN2CCCC(Cc3ccccc3-c3cncnc3)(C(N)=O)C2)c1. The van der Waals surface area contributed by atoms with Crippen LogP contribution in [0.2, 0.25) is 0 Å². The van der Waals surface area contributed by atoms with E-state index in [-0.39, 0.29) is 5.91 Å². The molecule has 1 fully saturated rings. The molecule has 2 heterocycles. The maximum Gasteiger partial charge on any atom is 0.225 e. The van der Waals surface area contributed by atoms with Gasteiger partial charge in [-0.15, -0.1) is 0 Å². The van der Waals surface area contributed by atoms with E-state index in [1.165, 1.54) is 6.33 Å². The fourth-order valence-corrected chi connectivity index (χ4v) is 4.80. The van der Waals surface area contributed by atoms with Gasteiger partial charge >= 0.3 is 0 Å². The molecular weight excluding hydrogens is 416 g/mol. The number of benzene rings is 2. The molecule has 3 aromatic rings. The van der Waals surface area contributed by atoms with Crippen LogP contribution in [0.15, 0.2) is 61.2 Å². The number of methoxy groups -OCH3 is 2. The van der Waals surface area contributed by atoms with Crippen molar-refractivity contribution in [3.63, 3.8) is 0 Å². The molecule has 7 heteroatoms. The first kappa shape index (κ1) is 22.7. The van der Waals surface area contributed by atoms with Crippen molar-refractivity contribution in [2.24, 2.45) is 11.1 Å². The maximum absolute atomic E-state index is 12.9. The number of aromatic nitrogens is 2. The number of carbonyl (C=O) groups is 1. The standard InChI is InChI=1S/C26H30N4O3/c1-32-22-8-9-24(33-2)20(12-22)16-30-11-5-10-26(17-30,25(27)31)13-19-6-3-4-7-23(19)21-14-28-18-29-15-21/h3-4,6-9,12,14-15,18H,5,10-11,13,16-17H2,1-2H3,(H2,27,31). The molecule has 7 nitrogen and oxygen atoms in total. The van der Waals surface area contributed by atoms with E-state index >= 15 is 0 Å². The summed E-state index contributed by atoms with van der Waals surface area (Å²) in [5.41, 5.74) is 9.47. The van der Waals surface area contributed by atoms with Crippen LogP contribution >= 0.6 is 0 Å². The molecule has 1 aromatic heterocycles. The summed E-state index contributed by atoms with van der Waals surface area (Å²) in [6, 6.07) is 13.9. The third kappa shape index (κ3) is 4.98. The lowest BCUT2D eigenvalue weighted by Crippen LogP contribution is -2.51. The van der Waals surface area contributed by atoms with Crippen molar-refractivity contribution in [2.45, 2.75) is 25.8 Å². The Morgan fingerprint density at radius 2 is 1.88 bits per heavy atom. The summed E-state index contributed by atoms with van der Waals surface area (Å²) in [7, 11) is 3.32. The Hall–Kier alpha value is -3.45.